The maximum Gasteiger partial charge on any atom is 0.320 e. The first-order chi connectivity index (χ1) is 7.11. The standard InChI is InChI=1S/C12H17NO2/c1-9(2)11(12(14)15)13-8-10-6-4-3-5-7-10/h3-7,9,11,13H,8H2,1-2H3,(H,14,15)/t11-/m0/s1. The molecule has 0 unspecified atom stereocenters. The van der Waals surface area contributed by atoms with Gasteiger partial charge >= 0.3 is 5.97 Å². The van der Waals surface area contributed by atoms with Crippen LogP contribution < -0.4 is 5.32 Å². The molecule has 0 aliphatic carbocycles. The van der Waals surface area contributed by atoms with Gasteiger partial charge in [-0.15, -0.1) is 0 Å². The van der Waals surface area contributed by atoms with E-state index in [4.69, 9.17) is 5.11 Å². The SMILES string of the molecule is CC(C)[C@H](NCc1ccccc1)C(=O)O. The maximum absolute atomic E-state index is 10.9. The zero-order valence-electron chi connectivity index (χ0n) is 9.10. The number of carboxylic acids is 1. The van der Waals surface area contributed by atoms with Crippen molar-refractivity contribution in [2.75, 3.05) is 0 Å². The third-order valence-electron chi connectivity index (χ3n) is 2.30. The van der Waals surface area contributed by atoms with Crippen LogP contribution in [0, 0.1) is 5.92 Å². The molecule has 1 aromatic rings. The van der Waals surface area contributed by atoms with Gasteiger partial charge in [-0.05, 0) is 11.5 Å². The summed E-state index contributed by atoms with van der Waals surface area (Å²) in [6.07, 6.45) is 0. The van der Waals surface area contributed by atoms with Gasteiger partial charge in [-0.3, -0.25) is 4.79 Å². The number of nitrogens with one attached hydrogen (secondary N) is 1. The second kappa shape index (κ2) is 5.51. The number of carbonyl (C=O) groups is 1. The Hall–Kier alpha value is -1.35. The molecule has 82 valence electrons. The number of rotatable bonds is 5. The number of aliphatic carboxylic acids is 1. The summed E-state index contributed by atoms with van der Waals surface area (Å²) >= 11 is 0. The second-order valence-corrected chi connectivity index (χ2v) is 3.93. The lowest BCUT2D eigenvalue weighted by atomic mass is 10.0. The van der Waals surface area contributed by atoms with Gasteiger partial charge in [0.1, 0.15) is 6.04 Å². The van der Waals surface area contributed by atoms with Crippen molar-refractivity contribution in [3.05, 3.63) is 35.9 Å². The van der Waals surface area contributed by atoms with Gasteiger partial charge in [0.15, 0.2) is 0 Å². The fourth-order valence-electron chi connectivity index (χ4n) is 1.43. The Bertz CT molecular complexity index is 309. The normalized spacial score (nSPS) is 12.7. The highest BCUT2D eigenvalue weighted by atomic mass is 16.4. The van der Waals surface area contributed by atoms with E-state index in [-0.39, 0.29) is 5.92 Å². The molecule has 2 N–H and O–H groups in total. The van der Waals surface area contributed by atoms with E-state index in [1.165, 1.54) is 0 Å². The molecule has 0 heterocycles. The minimum Gasteiger partial charge on any atom is -0.480 e. The predicted molar refractivity (Wildman–Crippen MR) is 59.5 cm³/mol. The summed E-state index contributed by atoms with van der Waals surface area (Å²) in [6.45, 7) is 4.39. The molecule has 0 saturated heterocycles. The van der Waals surface area contributed by atoms with Crippen LogP contribution in [0.5, 0.6) is 0 Å². The van der Waals surface area contributed by atoms with Gasteiger partial charge in [0, 0.05) is 6.54 Å². The fourth-order valence-corrected chi connectivity index (χ4v) is 1.43. The molecule has 3 heteroatoms. The molecular weight excluding hydrogens is 190 g/mol. The molecule has 0 aromatic heterocycles. The minimum atomic E-state index is -0.791. The van der Waals surface area contributed by atoms with Crippen LogP contribution in [0.4, 0.5) is 0 Å². The molecule has 0 saturated carbocycles. The van der Waals surface area contributed by atoms with Crippen molar-refractivity contribution >= 4 is 5.97 Å². The summed E-state index contributed by atoms with van der Waals surface area (Å²) in [5.74, 6) is -0.702. The molecule has 1 atom stereocenters. The number of benzene rings is 1. The van der Waals surface area contributed by atoms with Gasteiger partial charge in [0.25, 0.3) is 0 Å². The molecule has 1 rings (SSSR count). The van der Waals surface area contributed by atoms with Crippen LogP contribution in [-0.2, 0) is 11.3 Å². The second-order valence-electron chi connectivity index (χ2n) is 3.93. The molecule has 3 nitrogen and oxygen atoms in total. The van der Waals surface area contributed by atoms with Crippen LogP contribution in [-0.4, -0.2) is 17.1 Å². The Morgan fingerprint density at radius 2 is 1.93 bits per heavy atom. The molecule has 0 radical (unpaired) electrons. The van der Waals surface area contributed by atoms with Crippen LogP contribution in [0.25, 0.3) is 0 Å². The molecular formula is C12H17NO2. The minimum absolute atomic E-state index is 0.0891. The van der Waals surface area contributed by atoms with Gasteiger partial charge < -0.3 is 10.4 Å². The largest absolute Gasteiger partial charge is 0.480 e. The van der Waals surface area contributed by atoms with Crippen LogP contribution >= 0.6 is 0 Å². The summed E-state index contributed by atoms with van der Waals surface area (Å²) in [6, 6.07) is 9.31. The molecule has 0 amide bonds. The lowest BCUT2D eigenvalue weighted by Gasteiger charge is -2.17. The molecule has 0 aliphatic heterocycles. The van der Waals surface area contributed by atoms with E-state index in [9.17, 15) is 4.79 Å². The summed E-state index contributed by atoms with van der Waals surface area (Å²) in [4.78, 5) is 10.9. The topological polar surface area (TPSA) is 49.3 Å². The lowest BCUT2D eigenvalue weighted by molar-refractivity contribution is -0.140. The zero-order valence-corrected chi connectivity index (χ0v) is 9.10. The Morgan fingerprint density at radius 3 is 2.40 bits per heavy atom. The van der Waals surface area contributed by atoms with Crippen molar-refractivity contribution in [2.24, 2.45) is 5.92 Å². The Balaban J connectivity index is 2.51. The summed E-state index contributed by atoms with van der Waals surface area (Å²) in [7, 11) is 0. The average molecular weight is 207 g/mol. The van der Waals surface area contributed by atoms with Crippen molar-refractivity contribution in [3.8, 4) is 0 Å². The van der Waals surface area contributed by atoms with Gasteiger partial charge in [0.2, 0.25) is 0 Å². The first-order valence-electron chi connectivity index (χ1n) is 5.11. The molecule has 0 spiro atoms. The highest BCUT2D eigenvalue weighted by Gasteiger charge is 2.20. The Labute approximate surface area is 90.1 Å². The van der Waals surface area contributed by atoms with Gasteiger partial charge in [-0.1, -0.05) is 44.2 Å². The van der Waals surface area contributed by atoms with E-state index in [0.717, 1.165) is 5.56 Å². The van der Waals surface area contributed by atoms with Crippen LogP contribution in [0.2, 0.25) is 0 Å². The van der Waals surface area contributed by atoms with Crippen molar-refractivity contribution < 1.29 is 9.90 Å². The highest BCUT2D eigenvalue weighted by Crippen LogP contribution is 2.04. The van der Waals surface area contributed by atoms with E-state index >= 15 is 0 Å². The third-order valence-corrected chi connectivity index (χ3v) is 2.30. The molecule has 15 heavy (non-hydrogen) atoms. The highest BCUT2D eigenvalue weighted by molar-refractivity contribution is 5.73. The van der Waals surface area contributed by atoms with Crippen LogP contribution in [0.1, 0.15) is 19.4 Å². The molecule has 0 fully saturated rings. The number of hydrogen-bond donors (Lipinski definition) is 2. The first kappa shape index (κ1) is 11.7. The monoisotopic (exact) mass is 207 g/mol. The number of hydrogen-bond acceptors (Lipinski definition) is 2. The van der Waals surface area contributed by atoms with Crippen molar-refractivity contribution in [1.29, 1.82) is 0 Å². The third kappa shape index (κ3) is 3.72. The Morgan fingerprint density at radius 1 is 1.33 bits per heavy atom. The summed E-state index contributed by atoms with van der Waals surface area (Å²) in [5.41, 5.74) is 1.10. The quantitative estimate of drug-likeness (QED) is 0.775. The maximum atomic E-state index is 10.9. The lowest BCUT2D eigenvalue weighted by Crippen LogP contribution is -2.40. The van der Waals surface area contributed by atoms with E-state index < -0.39 is 12.0 Å². The average Bonchev–Trinajstić information content (AvgIpc) is 2.18. The zero-order chi connectivity index (χ0) is 11.3. The predicted octanol–water partition coefficient (Wildman–Crippen LogP) is 1.89. The van der Waals surface area contributed by atoms with Crippen LogP contribution in [0.15, 0.2) is 30.3 Å². The van der Waals surface area contributed by atoms with E-state index in [0.29, 0.717) is 6.54 Å². The van der Waals surface area contributed by atoms with E-state index in [2.05, 4.69) is 5.32 Å². The van der Waals surface area contributed by atoms with Crippen LogP contribution in [0.3, 0.4) is 0 Å². The van der Waals surface area contributed by atoms with E-state index in [1.807, 2.05) is 44.2 Å². The fraction of sp³-hybridized carbons (Fsp3) is 0.417. The van der Waals surface area contributed by atoms with Gasteiger partial charge in [-0.25, -0.2) is 0 Å². The number of carboxylic acid groups (broad SMARTS) is 1. The van der Waals surface area contributed by atoms with Gasteiger partial charge in [0.05, 0.1) is 0 Å². The molecule has 0 bridgehead atoms. The Kier molecular flexibility index (Phi) is 4.31. The van der Waals surface area contributed by atoms with E-state index in [1.54, 1.807) is 0 Å². The summed E-state index contributed by atoms with van der Waals surface area (Å²) in [5, 5.41) is 12.0. The van der Waals surface area contributed by atoms with Crippen molar-refractivity contribution in [2.45, 2.75) is 26.4 Å². The van der Waals surface area contributed by atoms with Crippen molar-refractivity contribution in [1.82, 2.24) is 5.32 Å². The first-order valence-corrected chi connectivity index (χ1v) is 5.11. The molecule has 1 aromatic carbocycles. The van der Waals surface area contributed by atoms with Crippen molar-refractivity contribution in [3.63, 3.8) is 0 Å². The molecule has 0 aliphatic rings. The smallest absolute Gasteiger partial charge is 0.320 e. The summed E-state index contributed by atoms with van der Waals surface area (Å²) < 4.78 is 0. The van der Waals surface area contributed by atoms with Gasteiger partial charge in [-0.2, -0.15) is 0 Å².